The second kappa shape index (κ2) is 8.05. The van der Waals surface area contributed by atoms with Crippen LogP contribution in [0.3, 0.4) is 0 Å². The molecule has 0 saturated carbocycles. The molecule has 1 aromatic carbocycles. The maximum absolute atomic E-state index is 12.4. The zero-order valence-corrected chi connectivity index (χ0v) is 15.3. The van der Waals surface area contributed by atoms with Crippen molar-refractivity contribution in [3.8, 4) is 5.75 Å². The summed E-state index contributed by atoms with van der Waals surface area (Å²) in [7, 11) is -3.13. The van der Waals surface area contributed by atoms with Crippen molar-refractivity contribution < 1.29 is 27.9 Å². The summed E-state index contributed by atoms with van der Waals surface area (Å²) in [5.74, 6) is -1.64. The van der Waals surface area contributed by atoms with Crippen LogP contribution in [0.25, 0.3) is 0 Å². The predicted molar refractivity (Wildman–Crippen MR) is 92.5 cm³/mol. The van der Waals surface area contributed by atoms with Crippen LogP contribution in [0.4, 0.5) is 0 Å². The molecule has 9 heteroatoms. The van der Waals surface area contributed by atoms with Gasteiger partial charge in [0.2, 0.25) is 0 Å². The molecule has 1 aromatic rings. The smallest absolute Gasteiger partial charge is 0.342 e. The number of carbonyl (C=O) groups is 2. The van der Waals surface area contributed by atoms with Crippen LogP contribution in [-0.4, -0.2) is 61.0 Å². The van der Waals surface area contributed by atoms with E-state index in [9.17, 15) is 23.1 Å². The first-order valence-corrected chi connectivity index (χ1v) is 10.1. The Morgan fingerprint density at radius 2 is 2.12 bits per heavy atom. The molecule has 1 unspecified atom stereocenters. The van der Waals surface area contributed by atoms with Crippen molar-refractivity contribution in [2.75, 3.05) is 24.7 Å². The number of phenolic OH excluding ortho intramolecular Hbond substituents is 1. The number of esters is 1. The molecular formula is C16H20ClNO6S. The standard InChI is InChI=1S/C16H20ClNO6S/c1-2-6-18(12-5-7-25(22,23)10-12)15(20)9-24-16(21)13-8-11(17)3-4-14(13)19/h3-4,8,12,19H,2,5-7,9-10H2,1H3. The van der Waals surface area contributed by atoms with Crippen molar-refractivity contribution in [3.05, 3.63) is 28.8 Å². The third-order valence-corrected chi connectivity index (χ3v) is 5.92. The van der Waals surface area contributed by atoms with Gasteiger partial charge in [-0.05, 0) is 31.0 Å². The lowest BCUT2D eigenvalue weighted by molar-refractivity contribution is -0.136. The summed E-state index contributed by atoms with van der Waals surface area (Å²) >= 11 is 5.78. The number of aromatic hydroxyl groups is 1. The van der Waals surface area contributed by atoms with Gasteiger partial charge in [0.25, 0.3) is 5.91 Å². The minimum Gasteiger partial charge on any atom is -0.507 e. The first-order valence-electron chi connectivity index (χ1n) is 7.89. The predicted octanol–water partition coefficient (Wildman–Crippen LogP) is 1.63. The van der Waals surface area contributed by atoms with E-state index in [2.05, 4.69) is 0 Å². The number of amides is 1. The highest BCUT2D eigenvalue weighted by Gasteiger charge is 2.34. The Morgan fingerprint density at radius 3 is 2.72 bits per heavy atom. The number of sulfone groups is 1. The molecule has 1 heterocycles. The van der Waals surface area contributed by atoms with Crippen molar-refractivity contribution in [2.24, 2.45) is 0 Å². The van der Waals surface area contributed by atoms with E-state index in [-0.39, 0.29) is 27.8 Å². The highest BCUT2D eigenvalue weighted by molar-refractivity contribution is 7.91. The number of hydrogen-bond acceptors (Lipinski definition) is 6. The summed E-state index contributed by atoms with van der Waals surface area (Å²) in [5.41, 5.74) is -0.134. The van der Waals surface area contributed by atoms with Gasteiger partial charge in [-0.2, -0.15) is 0 Å². The summed E-state index contributed by atoms with van der Waals surface area (Å²) in [6, 6.07) is 3.53. The topological polar surface area (TPSA) is 101 Å². The Balaban J connectivity index is 2.01. The van der Waals surface area contributed by atoms with Gasteiger partial charge in [0, 0.05) is 17.6 Å². The number of benzene rings is 1. The van der Waals surface area contributed by atoms with E-state index in [0.717, 1.165) is 0 Å². The van der Waals surface area contributed by atoms with Gasteiger partial charge in [0.05, 0.1) is 11.5 Å². The van der Waals surface area contributed by atoms with Gasteiger partial charge >= 0.3 is 5.97 Å². The zero-order chi connectivity index (χ0) is 18.6. The molecule has 25 heavy (non-hydrogen) atoms. The van der Waals surface area contributed by atoms with Gasteiger partial charge in [0.15, 0.2) is 16.4 Å². The molecule has 138 valence electrons. The second-order valence-electron chi connectivity index (χ2n) is 5.88. The van der Waals surface area contributed by atoms with Crippen LogP contribution in [0.2, 0.25) is 5.02 Å². The fourth-order valence-corrected chi connectivity index (χ4v) is 4.64. The van der Waals surface area contributed by atoms with Crippen molar-refractivity contribution in [2.45, 2.75) is 25.8 Å². The number of hydrogen-bond donors (Lipinski definition) is 1. The van der Waals surface area contributed by atoms with Crippen molar-refractivity contribution in [3.63, 3.8) is 0 Å². The normalized spacial score (nSPS) is 18.7. The van der Waals surface area contributed by atoms with Crippen LogP contribution in [0.5, 0.6) is 5.75 Å². The van der Waals surface area contributed by atoms with E-state index in [1.165, 1.54) is 23.1 Å². The Bertz CT molecular complexity index is 764. The summed E-state index contributed by atoms with van der Waals surface area (Å²) in [6.45, 7) is 1.74. The summed E-state index contributed by atoms with van der Waals surface area (Å²) in [6.07, 6.45) is 1.04. The lowest BCUT2D eigenvalue weighted by atomic mass is 10.2. The van der Waals surface area contributed by atoms with E-state index < -0.39 is 34.4 Å². The third-order valence-electron chi connectivity index (χ3n) is 3.94. The monoisotopic (exact) mass is 389 g/mol. The minimum atomic E-state index is -3.13. The van der Waals surface area contributed by atoms with E-state index in [0.29, 0.717) is 19.4 Å². The Labute approximate surface area is 151 Å². The number of nitrogens with zero attached hydrogens (tertiary/aromatic N) is 1. The lowest BCUT2D eigenvalue weighted by Gasteiger charge is -2.27. The van der Waals surface area contributed by atoms with Gasteiger partial charge in [-0.25, -0.2) is 13.2 Å². The van der Waals surface area contributed by atoms with E-state index >= 15 is 0 Å². The summed E-state index contributed by atoms with van der Waals surface area (Å²) in [4.78, 5) is 25.9. The summed E-state index contributed by atoms with van der Waals surface area (Å²) < 4.78 is 28.2. The molecule has 1 saturated heterocycles. The van der Waals surface area contributed by atoms with Gasteiger partial charge in [-0.1, -0.05) is 18.5 Å². The van der Waals surface area contributed by atoms with Gasteiger partial charge in [-0.3, -0.25) is 4.79 Å². The van der Waals surface area contributed by atoms with E-state index in [4.69, 9.17) is 16.3 Å². The molecule has 0 spiro atoms. The molecule has 2 rings (SSSR count). The molecule has 1 aliphatic rings. The Hall–Kier alpha value is -1.80. The highest BCUT2D eigenvalue weighted by atomic mass is 35.5. The maximum Gasteiger partial charge on any atom is 0.342 e. The molecule has 1 amide bonds. The van der Waals surface area contributed by atoms with Crippen LogP contribution >= 0.6 is 11.6 Å². The molecule has 7 nitrogen and oxygen atoms in total. The van der Waals surface area contributed by atoms with Crippen LogP contribution in [0.15, 0.2) is 18.2 Å². The van der Waals surface area contributed by atoms with E-state index in [1.807, 2.05) is 6.92 Å². The Morgan fingerprint density at radius 1 is 1.40 bits per heavy atom. The molecule has 0 bridgehead atoms. The number of halogens is 1. The van der Waals surface area contributed by atoms with Crippen LogP contribution in [0.1, 0.15) is 30.1 Å². The fourth-order valence-electron chi connectivity index (χ4n) is 2.73. The van der Waals surface area contributed by atoms with Gasteiger partial charge < -0.3 is 14.7 Å². The second-order valence-corrected chi connectivity index (χ2v) is 8.55. The number of phenols is 1. The maximum atomic E-state index is 12.4. The first-order chi connectivity index (χ1) is 11.7. The van der Waals surface area contributed by atoms with Crippen molar-refractivity contribution in [1.82, 2.24) is 4.90 Å². The molecule has 1 aliphatic heterocycles. The van der Waals surface area contributed by atoms with Gasteiger partial charge in [0.1, 0.15) is 11.3 Å². The molecule has 0 aliphatic carbocycles. The lowest BCUT2D eigenvalue weighted by Crippen LogP contribution is -2.43. The van der Waals surface area contributed by atoms with Gasteiger partial charge in [-0.15, -0.1) is 0 Å². The van der Waals surface area contributed by atoms with E-state index in [1.54, 1.807) is 0 Å². The molecule has 0 radical (unpaired) electrons. The molecular weight excluding hydrogens is 370 g/mol. The zero-order valence-electron chi connectivity index (χ0n) is 13.8. The fraction of sp³-hybridized carbons (Fsp3) is 0.500. The average molecular weight is 390 g/mol. The largest absolute Gasteiger partial charge is 0.507 e. The molecule has 0 aromatic heterocycles. The number of rotatable bonds is 6. The third kappa shape index (κ3) is 5.09. The quantitative estimate of drug-likeness (QED) is 0.742. The molecule has 1 N–H and O–H groups in total. The number of carbonyl (C=O) groups excluding carboxylic acids is 2. The molecule has 1 atom stereocenters. The SMILES string of the molecule is CCCN(C(=O)COC(=O)c1cc(Cl)ccc1O)C1CCS(=O)(=O)C1. The van der Waals surface area contributed by atoms with Crippen LogP contribution in [-0.2, 0) is 19.4 Å². The van der Waals surface area contributed by atoms with Crippen LogP contribution < -0.4 is 0 Å². The number of ether oxygens (including phenoxy) is 1. The van der Waals surface area contributed by atoms with Crippen molar-refractivity contribution >= 4 is 33.3 Å². The van der Waals surface area contributed by atoms with Crippen molar-refractivity contribution in [1.29, 1.82) is 0 Å². The Kier molecular flexibility index (Phi) is 6.29. The first kappa shape index (κ1) is 19.5. The average Bonchev–Trinajstić information content (AvgIpc) is 2.91. The summed E-state index contributed by atoms with van der Waals surface area (Å²) in [5, 5.41) is 9.92. The minimum absolute atomic E-state index is 0.0569. The van der Waals surface area contributed by atoms with Crippen LogP contribution in [0, 0.1) is 0 Å². The highest BCUT2D eigenvalue weighted by Crippen LogP contribution is 2.22. The molecule has 1 fully saturated rings.